The van der Waals surface area contributed by atoms with E-state index in [4.69, 9.17) is 4.84 Å². The molecule has 11 heteroatoms. The summed E-state index contributed by atoms with van der Waals surface area (Å²) >= 11 is 0. The van der Waals surface area contributed by atoms with Crippen LogP contribution < -0.4 is 0 Å². The van der Waals surface area contributed by atoms with Crippen LogP contribution in [0.4, 0.5) is 26.3 Å². The van der Waals surface area contributed by atoms with E-state index >= 15 is 0 Å². The molecule has 2 aromatic rings. The van der Waals surface area contributed by atoms with Gasteiger partial charge in [0.1, 0.15) is 5.75 Å². The van der Waals surface area contributed by atoms with E-state index < -0.39 is 48.0 Å². The number of alkyl halides is 6. The van der Waals surface area contributed by atoms with Crippen molar-refractivity contribution in [2.45, 2.75) is 51.7 Å². The minimum absolute atomic E-state index is 0.113. The van der Waals surface area contributed by atoms with Crippen molar-refractivity contribution in [3.05, 3.63) is 57.9 Å². The predicted molar refractivity (Wildman–Crippen MR) is 95.5 cm³/mol. The Morgan fingerprint density at radius 2 is 1.65 bits per heavy atom. The zero-order valence-corrected chi connectivity index (χ0v) is 16.6. The Kier molecular flexibility index (Phi) is 5.45. The molecule has 31 heavy (non-hydrogen) atoms. The molecule has 1 aromatic carbocycles. The standard InChI is InChI=1S/C20H18F6N2O3/c1-10-11(2)27-12(3)15(17(10)30)9-28-16(29)8-18(31-28,20(24,25)26)13-4-6-14(7-5-13)19(21,22)23/h4-7H,8-9H2,1-3H3,(H,27,30). The van der Waals surface area contributed by atoms with Gasteiger partial charge >= 0.3 is 12.4 Å². The van der Waals surface area contributed by atoms with E-state index in [2.05, 4.69) is 4.98 Å². The minimum Gasteiger partial charge on any atom is -0.507 e. The second-order valence-corrected chi connectivity index (χ2v) is 7.33. The Morgan fingerprint density at radius 3 is 2.16 bits per heavy atom. The molecule has 1 fully saturated rings. The number of rotatable bonds is 3. The van der Waals surface area contributed by atoms with E-state index in [-0.39, 0.29) is 11.3 Å². The number of nitrogens with zero attached hydrogens (tertiary/aromatic N) is 2. The number of carbonyl (C=O) groups is 1. The summed E-state index contributed by atoms with van der Waals surface area (Å²) in [5.41, 5.74) is -3.58. The number of benzene rings is 1. The fourth-order valence-electron chi connectivity index (χ4n) is 3.40. The summed E-state index contributed by atoms with van der Waals surface area (Å²) in [6.07, 6.45) is -11.0. The van der Waals surface area contributed by atoms with E-state index in [1.165, 1.54) is 6.92 Å². The van der Waals surface area contributed by atoms with Crippen molar-refractivity contribution in [3.8, 4) is 5.75 Å². The van der Waals surface area contributed by atoms with Gasteiger partial charge in [-0.05, 0) is 38.5 Å². The molecule has 1 N–H and O–H groups in total. The van der Waals surface area contributed by atoms with E-state index in [1.807, 2.05) is 0 Å². The van der Waals surface area contributed by atoms with Gasteiger partial charge in [-0.1, -0.05) is 12.1 Å². The molecule has 0 aliphatic carbocycles. The Labute approximate surface area is 173 Å². The Morgan fingerprint density at radius 1 is 1.06 bits per heavy atom. The maximum absolute atomic E-state index is 14.0. The zero-order chi connectivity index (χ0) is 23.4. The molecule has 3 rings (SSSR count). The Balaban J connectivity index is 1.99. The Hall–Kier alpha value is -2.82. The molecule has 2 heterocycles. The Bertz CT molecular complexity index is 1020. The van der Waals surface area contributed by atoms with Gasteiger partial charge in [-0.2, -0.15) is 26.3 Å². The first-order valence-corrected chi connectivity index (χ1v) is 9.07. The maximum Gasteiger partial charge on any atom is 0.424 e. The summed E-state index contributed by atoms with van der Waals surface area (Å²) in [4.78, 5) is 21.7. The van der Waals surface area contributed by atoms with Gasteiger partial charge in [0, 0.05) is 22.5 Å². The van der Waals surface area contributed by atoms with Crippen LogP contribution in [0.3, 0.4) is 0 Å². The topological polar surface area (TPSA) is 62.7 Å². The number of pyridine rings is 1. The first-order valence-electron chi connectivity index (χ1n) is 9.07. The number of amides is 1. The number of carbonyl (C=O) groups excluding carboxylic acids is 1. The number of hydroxylamine groups is 2. The van der Waals surface area contributed by atoms with E-state index in [0.717, 1.165) is 0 Å². The number of halogens is 6. The molecule has 1 aromatic heterocycles. The molecule has 1 atom stereocenters. The van der Waals surface area contributed by atoms with Crippen molar-refractivity contribution in [2.75, 3.05) is 0 Å². The number of hydrogen-bond donors (Lipinski definition) is 1. The van der Waals surface area contributed by atoms with Gasteiger partial charge in [0.2, 0.25) is 11.5 Å². The van der Waals surface area contributed by atoms with Crippen LogP contribution in [0.25, 0.3) is 0 Å². The maximum atomic E-state index is 14.0. The number of hydrogen-bond acceptors (Lipinski definition) is 4. The third-order valence-corrected chi connectivity index (χ3v) is 5.34. The summed E-state index contributed by atoms with van der Waals surface area (Å²) < 4.78 is 80.4. The third kappa shape index (κ3) is 3.93. The summed E-state index contributed by atoms with van der Waals surface area (Å²) in [6.45, 7) is 4.22. The highest BCUT2D eigenvalue weighted by Gasteiger charge is 2.64. The van der Waals surface area contributed by atoms with Gasteiger partial charge in [0.15, 0.2) is 0 Å². The van der Waals surface area contributed by atoms with Gasteiger partial charge < -0.3 is 5.11 Å². The smallest absolute Gasteiger partial charge is 0.424 e. The summed E-state index contributed by atoms with van der Waals surface area (Å²) in [6, 6.07) is 2.30. The molecule has 1 saturated heterocycles. The van der Waals surface area contributed by atoms with Gasteiger partial charge in [0.25, 0.3) is 0 Å². The third-order valence-electron chi connectivity index (χ3n) is 5.34. The van der Waals surface area contributed by atoms with Crippen LogP contribution in [0.2, 0.25) is 0 Å². The highest BCUT2D eigenvalue weighted by atomic mass is 19.4. The largest absolute Gasteiger partial charge is 0.507 e. The molecule has 0 bridgehead atoms. The van der Waals surface area contributed by atoms with Crippen LogP contribution in [0.1, 0.15) is 40.1 Å². The summed E-state index contributed by atoms with van der Waals surface area (Å²) in [5, 5.41) is 10.8. The summed E-state index contributed by atoms with van der Waals surface area (Å²) in [5.74, 6) is -1.25. The first-order chi connectivity index (χ1) is 14.2. The lowest BCUT2D eigenvalue weighted by atomic mass is 9.89. The normalized spacial score (nSPS) is 19.9. The molecule has 1 aliphatic rings. The fraction of sp³-hybridized carbons (Fsp3) is 0.400. The van der Waals surface area contributed by atoms with Crippen molar-refractivity contribution in [3.63, 3.8) is 0 Å². The highest BCUT2D eigenvalue weighted by molar-refractivity contribution is 5.79. The predicted octanol–water partition coefficient (Wildman–Crippen LogP) is 4.85. The van der Waals surface area contributed by atoms with Crippen LogP contribution in [-0.4, -0.2) is 27.2 Å². The molecule has 1 unspecified atom stereocenters. The van der Waals surface area contributed by atoms with Crippen LogP contribution in [0.15, 0.2) is 24.3 Å². The monoisotopic (exact) mass is 448 g/mol. The summed E-state index contributed by atoms with van der Waals surface area (Å²) in [7, 11) is 0. The molecule has 168 valence electrons. The van der Waals surface area contributed by atoms with Crippen LogP contribution in [0, 0.1) is 20.8 Å². The average molecular weight is 448 g/mol. The zero-order valence-electron chi connectivity index (χ0n) is 16.6. The van der Waals surface area contributed by atoms with Crippen molar-refractivity contribution >= 4 is 5.91 Å². The SMILES string of the molecule is Cc1nc(C)c(CN2OC(c3ccc(C(F)(F)F)cc3)(C(F)(F)F)CC2=O)c(O)c1C. The molecular formula is C20H18F6N2O3. The van der Waals surface area contributed by atoms with Crippen molar-refractivity contribution in [1.29, 1.82) is 0 Å². The first kappa shape index (κ1) is 22.9. The van der Waals surface area contributed by atoms with Crippen molar-refractivity contribution in [2.24, 2.45) is 0 Å². The highest BCUT2D eigenvalue weighted by Crippen LogP contribution is 2.50. The van der Waals surface area contributed by atoms with Gasteiger partial charge in [0.05, 0.1) is 18.5 Å². The number of aromatic hydroxyl groups is 1. The van der Waals surface area contributed by atoms with Crippen molar-refractivity contribution < 1.29 is 41.1 Å². The molecule has 1 amide bonds. The number of aromatic nitrogens is 1. The number of aryl methyl sites for hydroxylation is 2. The second-order valence-electron chi connectivity index (χ2n) is 7.33. The average Bonchev–Trinajstić information content (AvgIpc) is 3.00. The van der Waals surface area contributed by atoms with E-state index in [9.17, 15) is 36.2 Å². The lowest BCUT2D eigenvalue weighted by Crippen LogP contribution is -2.43. The van der Waals surface area contributed by atoms with Crippen molar-refractivity contribution in [1.82, 2.24) is 10.0 Å². The van der Waals surface area contributed by atoms with Crippen LogP contribution in [-0.2, 0) is 28.0 Å². The minimum atomic E-state index is -5.10. The van der Waals surface area contributed by atoms with Crippen LogP contribution >= 0.6 is 0 Å². The lowest BCUT2D eigenvalue weighted by molar-refractivity contribution is -0.325. The molecule has 0 radical (unpaired) electrons. The molecule has 0 saturated carbocycles. The van der Waals surface area contributed by atoms with Gasteiger partial charge in [-0.25, -0.2) is 9.90 Å². The quantitative estimate of drug-likeness (QED) is 0.682. The fourth-order valence-corrected chi connectivity index (χ4v) is 3.40. The second kappa shape index (κ2) is 7.40. The molecule has 1 aliphatic heterocycles. The van der Waals surface area contributed by atoms with Gasteiger partial charge in [-0.3, -0.25) is 9.78 Å². The molecular weight excluding hydrogens is 430 g/mol. The van der Waals surface area contributed by atoms with E-state index in [0.29, 0.717) is 46.3 Å². The molecule has 0 spiro atoms. The lowest BCUT2D eigenvalue weighted by Gasteiger charge is -2.31. The van der Waals surface area contributed by atoms with E-state index in [1.54, 1.807) is 13.8 Å². The van der Waals surface area contributed by atoms with Gasteiger partial charge in [-0.15, -0.1) is 0 Å². The molecule has 5 nitrogen and oxygen atoms in total. The van der Waals surface area contributed by atoms with Crippen LogP contribution in [0.5, 0.6) is 5.75 Å².